The number of benzene rings is 1. The zero-order valence-corrected chi connectivity index (χ0v) is 18.3. The first-order valence-electron chi connectivity index (χ1n) is 8.90. The Morgan fingerprint density at radius 3 is 2.52 bits per heavy atom. The monoisotopic (exact) mass is 457 g/mol. The van der Waals surface area contributed by atoms with E-state index < -0.39 is 11.9 Å². The summed E-state index contributed by atoms with van der Waals surface area (Å²) in [5.41, 5.74) is 1.64. The van der Waals surface area contributed by atoms with E-state index in [0.29, 0.717) is 22.8 Å². The summed E-state index contributed by atoms with van der Waals surface area (Å²) < 4.78 is 17.0. The first kappa shape index (κ1) is 21.6. The van der Waals surface area contributed by atoms with Gasteiger partial charge in [0.25, 0.3) is 0 Å². The SMILES string of the molecule is CCC(C(=O)Nc1nn(Cc2c(F)cccc2Cl)cc1Cl)n1nc(C)c(Cl)c1C. The van der Waals surface area contributed by atoms with Crippen molar-refractivity contribution in [2.24, 2.45) is 0 Å². The number of rotatable bonds is 6. The van der Waals surface area contributed by atoms with Gasteiger partial charge in [-0.15, -0.1) is 0 Å². The van der Waals surface area contributed by atoms with Crippen molar-refractivity contribution in [2.75, 3.05) is 5.32 Å². The smallest absolute Gasteiger partial charge is 0.250 e. The first-order chi connectivity index (χ1) is 13.7. The number of nitrogens with one attached hydrogen (secondary N) is 1. The highest BCUT2D eigenvalue weighted by Crippen LogP contribution is 2.27. The lowest BCUT2D eigenvalue weighted by atomic mass is 10.2. The van der Waals surface area contributed by atoms with Crippen molar-refractivity contribution in [3.63, 3.8) is 0 Å². The summed E-state index contributed by atoms with van der Waals surface area (Å²) in [6, 6.07) is 3.86. The Balaban J connectivity index is 1.81. The predicted octanol–water partition coefficient (Wildman–Crippen LogP) is 5.43. The topological polar surface area (TPSA) is 64.7 Å². The van der Waals surface area contributed by atoms with Gasteiger partial charge in [0.05, 0.1) is 23.0 Å². The van der Waals surface area contributed by atoms with E-state index in [1.54, 1.807) is 24.6 Å². The number of hydrogen-bond donors (Lipinski definition) is 1. The molecule has 0 fully saturated rings. The Morgan fingerprint density at radius 1 is 1.21 bits per heavy atom. The molecule has 2 heterocycles. The maximum atomic E-state index is 14.0. The van der Waals surface area contributed by atoms with Crippen molar-refractivity contribution in [3.05, 3.63) is 62.2 Å². The van der Waals surface area contributed by atoms with E-state index in [1.165, 1.54) is 23.0 Å². The molecule has 10 heteroatoms. The highest BCUT2D eigenvalue weighted by atomic mass is 35.5. The van der Waals surface area contributed by atoms with Gasteiger partial charge < -0.3 is 5.32 Å². The fraction of sp³-hybridized carbons (Fsp3) is 0.316. The summed E-state index contributed by atoms with van der Waals surface area (Å²) in [6.07, 6.45) is 1.99. The molecule has 29 heavy (non-hydrogen) atoms. The van der Waals surface area contributed by atoms with E-state index in [-0.39, 0.29) is 33.9 Å². The zero-order chi connectivity index (χ0) is 21.3. The molecule has 0 radical (unpaired) electrons. The summed E-state index contributed by atoms with van der Waals surface area (Å²) in [6.45, 7) is 5.53. The van der Waals surface area contributed by atoms with Crippen molar-refractivity contribution < 1.29 is 9.18 Å². The van der Waals surface area contributed by atoms with Crippen LogP contribution < -0.4 is 5.32 Å². The van der Waals surface area contributed by atoms with Gasteiger partial charge in [-0.3, -0.25) is 14.2 Å². The van der Waals surface area contributed by atoms with E-state index in [2.05, 4.69) is 15.5 Å². The summed E-state index contributed by atoms with van der Waals surface area (Å²) in [5, 5.41) is 12.4. The molecule has 1 atom stereocenters. The average molecular weight is 459 g/mol. The third-order valence-electron chi connectivity index (χ3n) is 4.56. The van der Waals surface area contributed by atoms with Crippen LogP contribution in [0.3, 0.4) is 0 Å². The number of nitrogens with zero attached hydrogens (tertiary/aromatic N) is 4. The molecule has 6 nitrogen and oxygen atoms in total. The molecule has 3 aromatic rings. The molecule has 0 bridgehead atoms. The summed E-state index contributed by atoms with van der Waals surface area (Å²) >= 11 is 18.5. The fourth-order valence-corrected chi connectivity index (χ4v) is 3.57. The van der Waals surface area contributed by atoms with Gasteiger partial charge in [0.2, 0.25) is 5.91 Å². The molecule has 0 aliphatic carbocycles. The molecule has 1 N–H and O–H groups in total. The summed E-state index contributed by atoms with van der Waals surface area (Å²) in [4.78, 5) is 12.8. The van der Waals surface area contributed by atoms with E-state index >= 15 is 0 Å². The molecule has 1 amide bonds. The maximum Gasteiger partial charge on any atom is 0.250 e. The molecule has 0 aliphatic rings. The van der Waals surface area contributed by atoms with Crippen molar-refractivity contribution >= 4 is 46.5 Å². The number of aryl methyl sites for hydroxylation is 1. The first-order valence-corrected chi connectivity index (χ1v) is 10.0. The van der Waals surface area contributed by atoms with Gasteiger partial charge in [0.15, 0.2) is 5.82 Å². The number of aromatic nitrogens is 4. The van der Waals surface area contributed by atoms with Gasteiger partial charge >= 0.3 is 0 Å². The Hall–Kier alpha value is -2.09. The third-order valence-corrected chi connectivity index (χ3v) is 5.74. The van der Waals surface area contributed by atoms with Crippen LogP contribution in [-0.4, -0.2) is 25.5 Å². The number of hydrogen-bond acceptors (Lipinski definition) is 3. The number of halogens is 4. The van der Waals surface area contributed by atoms with E-state index in [4.69, 9.17) is 34.8 Å². The van der Waals surface area contributed by atoms with E-state index in [0.717, 1.165) is 0 Å². The van der Waals surface area contributed by atoms with Crippen LogP contribution in [0.5, 0.6) is 0 Å². The van der Waals surface area contributed by atoms with Gasteiger partial charge in [-0.25, -0.2) is 4.39 Å². The lowest BCUT2D eigenvalue weighted by molar-refractivity contribution is -0.119. The molecule has 0 saturated carbocycles. The van der Waals surface area contributed by atoms with Crippen LogP contribution in [-0.2, 0) is 11.3 Å². The fourth-order valence-electron chi connectivity index (χ4n) is 3.02. The maximum absolute atomic E-state index is 14.0. The van der Waals surface area contributed by atoms with Crippen molar-refractivity contribution in [1.82, 2.24) is 19.6 Å². The Labute approximate surface area is 182 Å². The minimum Gasteiger partial charge on any atom is -0.306 e. The zero-order valence-electron chi connectivity index (χ0n) is 16.0. The minimum absolute atomic E-state index is 0.0748. The van der Waals surface area contributed by atoms with Gasteiger partial charge in [-0.2, -0.15) is 10.2 Å². The summed E-state index contributed by atoms with van der Waals surface area (Å²) in [5.74, 6) is -0.594. The minimum atomic E-state index is -0.580. The second-order valence-electron chi connectivity index (χ2n) is 6.57. The molecule has 2 aromatic heterocycles. The van der Waals surface area contributed by atoms with Crippen molar-refractivity contribution in [1.29, 1.82) is 0 Å². The number of carbonyl (C=O) groups is 1. The van der Waals surface area contributed by atoms with E-state index in [9.17, 15) is 9.18 Å². The average Bonchev–Trinajstić information content (AvgIpc) is 3.13. The highest BCUT2D eigenvalue weighted by molar-refractivity contribution is 6.33. The number of carbonyl (C=O) groups excluding carboxylic acids is 1. The number of anilines is 1. The lowest BCUT2D eigenvalue weighted by Crippen LogP contribution is -2.27. The molecule has 1 unspecified atom stereocenters. The summed E-state index contributed by atoms with van der Waals surface area (Å²) in [7, 11) is 0. The molecule has 3 rings (SSSR count). The van der Waals surface area contributed by atoms with Crippen LogP contribution >= 0.6 is 34.8 Å². The van der Waals surface area contributed by atoms with Crippen LogP contribution in [0.2, 0.25) is 15.1 Å². The van der Waals surface area contributed by atoms with Crippen LogP contribution in [0.1, 0.15) is 36.3 Å². The quantitative estimate of drug-likeness (QED) is 0.535. The van der Waals surface area contributed by atoms with Gasteiger partial charge in [0.1, 0.15) is 16.9 Å². The lowest BCUT2D eigenvalue weighted by Gasteiger charge is -2.16. The van der Waals surface area contributed by atoms with Crippen LogP contribution in [0, 0.1) is 19.7 Å². The standard InChI is InChI=1S/C19H19Cl3FN5O/c1-4-16(28-11(3)17(22)10(2)25-28)19(29)24-18-14(21)9-27(26-18)8-12-13(20)6-5-7-15(12)23/h5-7,9,16H,4,8H2,1-3H3,(H,24,26,29). The molecule has 0 saturated heterocycles. The molecule has 1 aromatic carbocycles. The normalized spacial score (nSPS) is 12.2. The third kappa shape index (κ3) is 4.42. The second kappa shape index (κ2) is 8.73. The molecule has 154 valence electrons. The highest BCUT2D eigenvalue weighted by Gasteiger charge is 2.25. The number of amides is 1. The molecular formula is C19H19Cl3FN5O. The van der Waals surface area contributed by atoms with Gasteiger partial charge in [0, 0.05) is 16.8 Å². The molecule has 0 aliphatic heterocycles. The second-order valence-corrected chi connectivity index (χ2v) is 7.76. The Bertz CT molecular complexity index is 1040. The van der Waals surface area contributed by atoms with Crippen molar-refractivity contribution in [2.45, 2.75) is 39.8 Å². The predicted molar refractivity (Wildman–Crippen MR) is 112 cm³/mol. The largest absolute Gasteiger partial charge is 0.306 e. The Morgan fingerprint density at radius 2 is 1.93 bits per heavy atom. The van der Waals surface area contributed by atoms with Gasteiger partial charge in [-0.05, 0) is 32.4 Å². The van der Waals surface area contributed by atoms with Gasteiger partial charge in [-0.1, -0.05) is 47.8 Å². The van der Waals surface area contributed by atoms with Crippen LogP contribution in [0.25, 0.3) is 0 Å². The Kier molecular flexibility index (Phi) is 6.51. The van der Waals surface area contributed by atoms with Crippen LogP contribution in [0.4, 0.5) is 10.2 Å². The van der Waals surface area contributed by atoms with Crippen LogP contribution in [0.15, 0.2) is 24.4 Å². The molecule has 0 spiro atoms. The molecular weight excluding hydrogens is 440 g/mol. The van der Waals surface area contributed by atoms with Crippen molar-refractivity contribution in [3.8, 4) is 0 Å². The van der Waals surface area contributed by atoms with E-state index in [1.807, 2.05) is 6.92 Å².